The van der Waals surface area contributed by atoms with Crippen LogP contribution in [-0.2, 0) is 9.53 Å². The molecule has 0 unspecified atom stereocenters. The van der Waals surface area contributed by atoms with Gasteiger partial charge in [-0.05, 0) is 50.2 Å². The Bertz CT molecular complexity index is 815. The molecule has 0 aromatic heterocycles. The van der Waals surface area contributed by atoms with E-state index < -0.39 is 5.97 Å². The van der Waals surface area contributed by atoms with E-state index in [9.17, 15) is 14.4 Å². The average molecular weight is 368 g/mol. The van der Waals surface area contributed by atoms with Crippen molar-refractivity contribution in [1.82, 2.24) is 5.32 Å². The number of ether oxygens (including phenoxy) is 1. The monoisotopic (exact) mass is 368 g/mol. The summed E-state index contributed by atoms with van der Waals surface area (Å²) in [6, 6.07) is 13.9. The highest BCUT2D eigenvalue weighted by molar-refractivity contribution is 5.95. The van der Waals surface area contributed by atoms with Crippen LogP contribution in [0.5, 0.6) is 0 Å². The number of anilines is 1. The van der Waals surface area contributed by atoms with Crippen molar-refractivity contribution in [2.75, 3.05) is 24.6 Å². The number of rotatable bonds is 7. The van der Waals surface area contributed by atoms with Crippen molar-refractivity contribution in [3.63, 3.8) is 0 Å². The van der Waals surface area contributed by atoms with Gasteiger partial charge in [0.1, 0.15) is 0 Å². The summed E-state index contributed by atoms with van der Waals surface area (Å²) in [5.41, 5.74) is 2.68. The summed E-state index contributed by atoms with van der Waals surface area (Å²) in [5.74, 6) is -0.729. The van der Waals surface area contributed by atoms with Gasteiger partial charge < -0.3 is 15.0 Å². The number of carbonyl (C=O) groups excluding carboxylic acids is 3. The van der Waals surface area contributed by atoms with Crippen LogP contribution in [0.2, 0.25) is 0 Å². The molecule has 2 aromatic rings. The first kappa shape index (κ1) is 20.2. The molecule has 27 heavy (non-hydrogen) atoms. The molecule has 0 heterocycles. The van der Waals surface area contributed by atoms with Crippen LogP contribution in [0.4, 0.5) is 5.69 Å². The van der Waals surface area contributed by atoms with Crippen LogP contribution in [0.3, 0.4) is 0 Å². The minimum atomic E-state index is -0.399. The number of hydrogen-bond donors (Lipinski definition) is 1. The van der Waals surface area contributed by atoms with Crippen LogP contribution in [-0.4, -0.2) is 37.5 Å². The van der Waals surface area contributed by atoms with Crippen molar-refractivity contribution < 1.29 is 19.1 Å². The third-order valence-corrected chi connectivity index (χ3v) is 3.97. The smallest absolute Gasteiger partial charge is 0.338 e. The lowest BCUT2D eigenvalue weighted by Gasteiger charge is -2.21. The standard InChI is InChI=1S/C21H24N2O4/c1-4-27-21(26)17-8-10-19(11-9-17)23(16(3)24)13-12-22-20(25)18-7-5-6-15(2)14-18/h5-11,14H,4,12-13H2,1-3H3,(H,22,25). The van der Waals surface area contributed by atoms with Gasteiger partial charge in [-0.3, -0.25) is 9.59 Å². The molecule has 0 aliphatic rings. The molecule has 0 fully saturated rings. The van der Waals surface area contributed by atoms with Gasteiger partial charge in [-0.2, -0.15) is 0 Å². The highest BCUT2D eigenvalue weighted by Gasteiger charge is 2.14. The second-order valence-corrected chi connectivity index (χ2v) is 6.06. The summed E-state index contributed by atoms with van der Waals surface area (Å²) in [4.78, 5) is 37.4. The predicted molar refractivity (Wildman–Crippen MR) is 104 cm³/mol. The molecular weight excluding hydrogens is 344 g/mol. The number of benzene rings is 2. The summed E-state index contributed by atoms with van der Waals surface area (Å²) in [6.45, 7) is 6.07. The van der Waals surface area contributed by atoms with Gasteiger partial charge in [-0.1, -0.05) is 17.7 Å². The van der Waals surface area contributed by atoms with Crippen molar-refractivity contribution >= 4 is 23.5 Å². The maximum Gasteiger partial charge on any atom is 0.338 e. The van der Waals surface area contributed by atoms with Gasteiger partial charge in [0, 0.05) is 31.3 Å². The molecule has 0 spiro atoms. The largest absolute Gasteiger partial charge is 0.462 e. The maximum atomic E-state index is 12.2. The first-order valence-electron chi connectivity index (χ1n) is 8.82. The minimum absolute atomic E-state index is 0.149. The molecule has 1 N–H and O–H groups in total. The number of amides is 2. The number of hydrogen-bond acceptors (Lipinski definition) is 4. The van der Waals surface area contributed by atoms with E-state index in [1.807, 2.05) is 25.1 Å². The van der Waals surface area contributed by atoms with Crippen molar-refractivity contribution in [3.8, 4) is 0 Å². The summed E-state index contributed by atoms with van der Waals surface area (Å²) in [5, 5.41) is 2.82. The topological polar surface area (TPSA) is 75.7 Å². The molecule has 6 nitrogen and oxygen atoms in total. The molecule has 0 aliphatic carbocycles. The van der Waals surface area contributed by atoms with Crippen LogP contribution in [0, 0.1) is 6.92 Å². The summed E-state index contributed by atoms with van der Waals surface area (Å²) < 4.78 is 4.95. The van der Waals surface area contributed by atoms with Crippen molar-refractivity contribution in [1.29, 1.82) is 0 Å². The lowest BCUT2D eigenvalue weighted by molar-refractivity contribution is -0.116. The lowest BCUT2D eigenvalue weighted by Crippen LogP contribution is -2.37. The fourth-order valence-corrected chi connectivity index (χ4v) is 2.63. The number of esters is 1. The van der Waals surface area contributed by atoms with Gasteiger partial charge >= 0.3 is 5.97 Å². The molecule has 0 saturated heterocycles. The minimum Gasteiger partial charge on any atom is -0.462 e. The SMILES string of the molecule is CCOC(=O)c1ccc(N(CCNC(=O)c2cccc(C)c2)C(C)=O)cc1. The molecule has 2 rings (SSSR count). The Balaban J connectivity index is 1.98. The molecule has 0 atom stereocenters. The first-order chi connectivity index (χ1) is 12.9. The number of nitrogens with one attached hydrogen (secondary N) is 1. The van der Waals surface area contributed by atoms with E-state index in [4.69, 9.17) is 4.74 Å². The van der Waals surface area contributed by atoms with Crippen molar-refractivity contribution in [2.24, 2.45) is 0 Å². The molecule has 142 valence electrons. The number of nitrogens with zero attached hydrogens (tertiary/aromatic N) is 1. The molecule has 2 aromatic carbocycles. The Morgan fingerprint density at radius 2 is 1.74 bits per heavy atom. The van der Waals surface area contributed by atoms with E-state index in [0.717, 1.165) is 5.56 Å². The fraction of sp³-hybridized carbons (Fsp3) is 0.286. The predicted octanol–water partition coefficient (Wildman–Crippen LogP) is 2.95. The maximum absolute atomic E-state index is 12.2. The molecule has 0 radical (unpaired) electrons. The first-order valence-corrected chi connectivity index (χ1v) is 8.82. The molecule has 6 heteroatoms. The van der Waals surface area contributed by atoms with E-state index in [2.05, 4.69) is 5.32 Å². The second kappa shape index (κ2) is 9.52. The number of carbonyl (C=O) groups is 3. The van der Waals surface area contributed by atoms with E-state index in [1.165, 1.54) is 6.92 Å². The Hall–Kier alpha value is -3.15. The molecular formula is C21H24N2O4. The number of aryl methyl sites for hydroxylation is 1. The van der Waals surface area contributed by atoms with Gasteiger partial charge in [-0.25, -0.2) is 4.79 Å². The van der Waals surface area contributed by atoms with Crippen LogP contribution < -0.4 is 10.2 Å². The zero-order chi connectivity index (χ0) is 19.8. The van der Waals surface area contributed by atoms with Crippen LogP contribution in [0.15, 0.2) is 48.5 Å². The van der Waals surface area contributed by atoms with Gasteiger partial charge in [0.15, 0.2) is 0 Å². The molecule has 0 saturated carbocycles. The third-order valence-electron chi connectivity index (χ3n) is 3.97. The highest BCUT2D eigenvalue weighted by atomic mass is 16.5. The quantitative estimate of drug-likeness (QED) is 0.763. The van der Waals surface area contributed by atoms with Crippen LogP contribution in [0.25, 0.3) is 0 Å². The van der Waals surface area contributed by atoms with E-state index in [-0.39, 0.29) is 11.8 Å². The zero-order valence-electron chi connectivity index (χ0n) is 15.8. The van der Waals surface area contributed by atoms with E-state index in [0.29, 0.717) is 36.5 Å². The summed E-state index contributed by atoms with van der Waals surface area (Å²) in [7, 11) is 0. The Kier molecular flexibility index (Phi) is 7.11. The molecule has 0 bridgehead atoms. The fourth-order valence-electron chi connectivity index (χ4n) is 2.63. The van der Waals surface area contributed by atoms with Gasteiger partial charge in [-0.15, -0.1) is 0 Å². The lowest BCUT2D eigenvalue weighted by atomic mass is 10.1. The highest BCUT2D eigenvalue weighted by Crippen LogP contribution is 2.16. The van der Waals surface area contributed by atoms with Gasteiger partial charge in [0.05, 0.1) is 12.2 Å². The van der Waals surface area contributed by atoms with Crippen molar-refractivity contribution in [2.45, 2.75) is 20.8 Å². The summed E-state index contributed by atoms with van der Waals surface area (Å²) in [6.07, 6.45) is 0. The van der Waals surface area contributed by atoms with Crippen LogP contribution in [0.1, 0.15) is 40.1 Å². The van der Waals surface area contributed by atoms with Crippen LogP contribution >= 0.6 is 0 Å². The molecule has 0 aliphatic heterocycles. The van der Waals surface area contributed by atoms with Crippen molar-refractivity contribution in [3.05, 3.63) is 65.2 Å². The zero-order valence-corrected chi connectivity index (χ0v) is 15.8. The normalized spacial score (nSPS) is 10.2. The Morgan fingerprint density at radius 1 is 1.04 bits per heavy atom. The van der Waals surface area contributed by atoms with E-state index >= 15 is 0 Å². The average Bonchev–Trinajstić information content (AvgIpc) is 2.65. The Labute approximate surface area is 159 Å². The molecule has 2 amide bonds. The Morgan fingerprint density at radius 3 is 2.33 bits per heavy atom. The summed E-state index contributed by atoms with van der Waals surface area (Å²) >= 11 is 0. The van der Waals surface area contributed by atoms with E-state index in [1.54, 1.807) is 42.2 Å². The second-order valence-electron chi connectivity index (χ2n) is 6.06. The van der Waals surface area contributed by atoms with Gasteiger partial charge in [0.2, 0.25) is 5.91 Å². The third kappa shape index (κ3) is 5.67. The van der Waals surface area contributed by atoms with Gasteiger partial charge in [0.25, 0.3) is 5.91 Å².